The van der Waals surface area contributed by atoms with E-state index in [1.54, 1.807) is 5.56 Å². The van der Waals surface area contributed by atoms with Crippen LogP contribution >= 0.6 is 0 Å². The van der Waals surface area contributed by atoms with Gasteiger partial charge < -0.3 is 0 Å². The Morgan fingerprint density at radius 2 is 1.88 bits per heavy atom. The monoisotopic (exact) mass is 231 g/mol. The Morgan fingerprint density at radius 3 is 2.41 bits per heavy atom. The molecule has 0 nitrogen and oxygen atoms in total. The molecule has 0 amide bonds. The molecule has 0 bridgehead atoms. The Kier molecular flexibility index (Phi) is 5.74. The predicted octanol–water partition coefficient (Wildman–Crippen LogP) is 5.17. The van der Waals surface area contributed by atoms with Crippen molar-refractivity contribution in [2.45, 2.75) is 66.7 Å². The van der Waals surface area contributed by atoms with E-state index in [-0.39, 0.29) is 0 Å². The van der Waals surface area contributed by atoms with E-state index in [1.165, 1.54) is 48.8 Å². The minimum absolute atomic E-state index is 0.850. The van der Waals surface area contributed by atoms with Crippen LogP contribution in [-0.4, -0.2) is 0 Å². The fraction of sp³-hybridized carbons (Fsp3) is 0.647. The molecule has 0 heteroatoms. The maximum atomic E-state index is 3.47. The van der Waals surface area contributed by atoms with E-state index < -0.39 is 0 Å². The molecule has 95 valence electrons. The molecular formula is C17H27. The molecule has 0 saturated heterocycles. The predicted molar refractivity (Wildman–Crippen MR) is 76.5 cm³/mol. The second-order valence-corrected chi connectivity index (χ2v) is 5.36. The van der Waals surface area contributed by atoms with E-state index in [0.717, 1.165) is 5.92 Å². The van der Waals surface area contributed by atoms with Gasteiger partial charge in [-0.1, -0.05) is 45.6 Å². The topological polar surface area (TPSA) is 0 Å². The van der Waals surface area contributed by atoms with Crippen LogP contribution in [-0.2, 0) is 6.42 Å². The summed E-state index contributed by atoms with van der Waals surface area (Å²) in [5.74, 6) is 0.850. The minimum Gasteiger partial charge on any atom is -0.0654 e. The Labute approximate surface area is 107 Å². The minimum atomic E-state index is 0.850. The van der Waals surface area contributed by atoms with Gasteiger partial charge in [-0.15, -0.1) is 0 Å². The molecule has 0 aliphatic heterocycles. The van der Waals surface area contributed by atoms with Gasteiger partial charge in [-0.05, 0) is 61.4 Å². The number of unbranched alkanes of at least 4 members (excludes halogenated alkanes) is 1. The lowest BCUT2D eigenvalue weighted by molar-refractivity contribution is 0.447. The highest BCUT2D eigenvalue weighted by Crippen LogP contribution is 2.23. The standard InChI is InChI=1S/C17H27/c1-6-8-9-16(7-2)12-17-14(4)10-13(3)11-15(17)5/h10,16H,6-9,12H2,1-5H3. The molecule has 1 aromatic rings. The third-order valence-corrected chi connectivity index (χ3v) is 3.78. The van der Waals surface area contributed by atoms with Crippen molar-refractivity contribution < 1.29 is 0 Å². The summed E-state index contributed by atoms with van der Waals surface area (Å²) in [6.07, 6.45) is 6.60. The van der Waals surface area contributed by atoms with Crippen molar-refractivity contribution in [2.75, 3.05) is 0 Å². The van der Waals surface area contributed by atoms with E-state index in [0.29, 0.717) is 0 Å². The Bertz CT molecular complexity index is 326. The molecule has 0 aliphatic rings. The third-order valence-electron chi connectivity index (χ3n) is 3.78. The SMILES string of the molecule is CCCCC(CC)Cc1c(C)[c]c(C)cc1C. The molecule has 0 spiro atoms. The molecule has 0 N–H and O–H groups in total. The quantitative estimate of drug-likeness (QED) is 0.633. The molecule has 1 atom stereocenters. The highest BCUT2D eigenvalue weighted by Gasteiger charge is 2.11. The van der Waals surface area contributed by atoms with Crippen LogP contribution in [0.4, 0.5) is 0 Å². The second kappa shape index (κ2) is 6.83. The van der Waals surface area contributed by atoms with Gasteiger partial charge in [-0.25, -0.2) is 0 Å². The summed E-state index contributed by atoms with van der Waals surface area (Å²) in [6, 6.07) is 5.74. The maximum Gasteiger partial charge on any atom is -0.0117 e. The first-order valence-electron chi connectivity index (χ1n) is 7.07. The molecule has 1 aromatic carbocycles. The first-order chi connectivity index (χ1) is 8.08. The van der Waals surface area contributed by atoms with Crippen LogP contribution in [0.3, 0.4) is 0 Å². The highest BCUT2D eigenvalue weighted by molar-refractivity contribution is 5.36. The van der Waals surface area contributed by atoms with Crippen molar-refractivity contribution in [1.82, 2.24) is 0 Å². The van der Waals surface area contributed by atoms with Gasteiger partial charge in [-0.2, -0.15) is 0 Å². The van der Waals surface area contributed by atoms with Gasteiger partial charge in [0.25, 0.3) is 0 Å². The van der Waals surface area contributed by atoms with E-state index in [2.05, 4.69) is 46.8 Å². The Morgan fingerprint density at radius 1 is 1.18 bits per heavy atom. The van der Waals surface area contributed by atoms with Crippen LogP contribution in [0.2, 0.25) is 0 Å². The zero-order valence-corrected chi connectivity index (χ0v) is 12.2. The molecule has 0 aromatic heterocycles. The zero-order valence-electron chi connectivity index (χ0n) is 12.2. The van der Waals surface area contributed by atoms with E-state index in [9.17, 15) is 0 Å². The van der Waals surface area contributed by atoms with Gasteiger partial charge in [0, 0.05) is 0 Å². The largest absolute Gasteiger partial charge is 0.0654 e. The van der Waals surface area contributed by atoms with Crippen LogP contribution in [0, 0.1) is 32.8 Å². The van der Waals surface area contributed by atoms with Crippen molar-refractivity contribution in [3.63, 3.8) is 0 Å². The van der Waals surface area contributed by atoms with Crippen LogP contribution < -0.4 is 0 Å². The van der Waals surface area contributed by atoms with Crippen molar-refractivity contribution in [1.29, 1.82) is 0 Å². The number of rotatable bonds is 6. The molecule has 1 radical (unpaired) electrons. The molecule has 0 heterocycles. The van der Waals surface area contributed by atoms with Crippen LogP contribution in [0.5, 0.6) is 0 Å². The smallest absolute Gasteiger partial charge is 0.0117 e. The van der Waals surface area contributed by atoms with Gasteiger partial charge in [0.15, 0.2) is 0 Å². The van der Waals surface area contributed by atoms with Gasteiger partial charge in [0.05, 0.1) is 0 Å². The Balaban J connectivity index is 2.78. The summed E-state index contributed by atoms with van der Waals surface area (Å²) in [5.41, 5.74) is 5.62. The highest BCUT2D eigenvalue weighted by atomic mass is 14.2. The van der Waals surface area contributed by atoms with Gasteiger partial charge in [0.1, 0.15) is 0 Å². The van der Waals surface area contributed by atoms with Gasteiger partial charge in [-0.3, -0.25) is 0 Å². The fourth-order valence-electron chi connectivity index (χ4n) is 2.66. The average molecular weight is 231 g/mol. The number of hydrogen-bond donors (Lipinski definition) is 0. The van der Waals surface area contributed by atoms with Crippen molar-refractivity contribution in [2.24, 2.45) is 5.92 Å². The fourth-order valence-corrected chi connectivity index (χ4v) is 2.66. The van der Waals surface area contributed by atoms with Gasteiger partial charge >= 0.3 is 0 Å². The zero-order chi connectivity index (χ0) is 12.8. The molecule has 0 saturated carbocycles. The first kappa shape index (κ1) is 14.3. The maximum absolute atomic E-state index is 3.47. The van der Waals surface area contributed by atoms with Crippen molar-refractivity contribution in [3.05, 3.63) is 34.4 Å². The summed E-state index contributed by atoms with van der Waals surface area (Å²) in [7, 11) is 0. The van der Waals surface area contributed by atoms with Gasteiger partial charge in [0.2, 0.25) is 0 Å². The number of hydrogen-bond acceptors (Lipinski definition) is 0. The third kappa shape index (κ3) is 4.18. The number of benzene rings is 1. The normalized spacial score (nSPS) is 12.8. The molecule has 1 rings (SSSR count). The summed E-state index contributed by atoms with van der Waals surface area (Å²) in [6.45, 7) is 11.2. The summed E-state index contributed by atoms with van der Waals surface area (Å²) >= 11 is 0. The summed E-state index contributed by atoms with van der Waals surface area (Å²) in [4.78, 5) is 0. The molecular weight excluding hydrogens is 204 g/mol. The summed E-state index contributed by atoms with van der Waals surface area (Å²) in [5, 5.41) is 0. The Hall–Kier alpha value is -0.780. The van der Waals surface area contributed by atoms with E-state index in [4.69, 9.17) is 0 Å². The second-order valence-electron chi connectivity index (χ2n) is 5.36. The molecule has 17 heavy (non-hydrogen) atoms. The number of aryl methyl sites for hydroxylation is 3. The molecule has 1 unspecified atom stereocenters. The van der Waals surface area contributed by atoms with E-state index in [1.807, 2.05) is 0 Å². The average Bonchev–Trinajstić information content (AvgIpc) is 2.27. The lowest BCUT2D eigenvalue weighted by Crippen LogP contribution is -2.07. The van der Waals surface area contributed by atoms with Crippen LogP contribution in [0.1, 0.15) is 61.8 Å². The van der Waals surface area contributed by atoms with Crippen LogP contribution in [0.15, 0.2) is 6.07 Å². The lowest BCUT2D eigenvalue weighted by Gasteiger charge is -2.18. The summed E-state index contributed by atoms with van der Waals surface area (Å²) < 4.78 is 0. The van der Waals surface area contributed by atoms with E-state index >= 15 is 0 Å². The lowest BCUT2D eigenvalue weighted by atomic mass is 9.87. The van der Waals surface area contributed by atoms with Crippen LogP contribution in [0.25, 0.3) is 0 Å². The van der Waals surface area contributed by atoms with Crippen molar-refractivity contribution in [3.8, 4) is 0 Å². The molecule has 0 aliphatic carbocycles. The molecule has 0 fully saturated rings. The first-order valence-corrected chi connectivity index (χ1v) is 7.07. The van der Waals surface area contributed by atoms with Crippen molar-refractivity contribution >= 4 is 0 Å².